The van der Waals surface area contributed by atoms with Gasteiger partial charge in [-0.15, -0.1) is 5.10 Å². The van der Waals surface area contributed by atoms with Gasteiger partial charge in [0.15, 0.2) is 5.82 Å². The Kier molecular flexibility index (Phi) is 3.59. The summed E-state index contributed by atoms with van der Waals surface area (Å²) in [6.45, 7) is 2.26. The van der Waals surface area contributed by atoms with Gasteiger partial charge >= 0.3 is 0 Å². The Morgan fingerprint density at radius 1 is 1.14 bits per heavy atom. The predicted octanol–water partition coefficient (Wildman–Crippen LogP) is 2.72. The molecule has 1 aromatic heterocycles. The maximum absolute atomic E-state index is 13.4. The summed E-state index contributed by atoms with van der Waals surface area (Å²) < 4.78 is 15.0. The van der Waals surface area contributed by atoms with Crippen molar-refractivity contribution in [2.24, 2.45) is 0 Å². The molecule has 0 saturated carbocycles. The molecule has 1 heterocycles. The summed E-state index contributed by atoms with van der Waals surface area (Å²) in [7, 11) is 0. The SMILES string of the molecule is Cc1cc(F)cc(NCc2nnnn2-c2ccccc2)c1. The molecule has 0 unspecified atom stereocenters. The van der Waals surface area contributed by atoms with Crippen LogP contribution in [0, 0.1) is 12.7 Å². The van der Waals surface area contributed by atoms with E-state index >= 15 is 0 Å². The molecule has 1 N–H and O–H groups in total. The molecule has 5 nitrogen and oxygen atoms in total. The third-order valence-electron chi connectivity index (χ3n) is 3.03. The number of nitrogens with one attached hydrogen (secondary N) is 1. The molecule has 3 aromatic rings. The van der Waals surface area contributed by atoms with Crippen LogP contribution in [0.1, 0.15) is 11.4 Å². The van der Waals surface area contributed by atoms with Gasteiger partial charge in [-0.3, -0.25) is 0 Å². The van der Waals surface area contributed by atoms with Crippen LogP contribution in [0.25, 0.3) is 5.69 Å². The van der Waals surface area contributed by atoms with E-state index in [1.54, 1.807) is 4.68 Å². The van der Waals surface area contributed by atoms with Crippen molar-refractivity contribution in [3.05, 3.63) is 65.7 Å². The number of halogens is 1. The first kappa shape index (κ1) is 13.2. The van der Waals surface area contributed by atoms with Gasteiger partial charge < -0.3 is 5.32 Å². The average Bonchev–Trinajstić information content (AvgIpc) is 2.93. The van der Waals surface area contributed by atoms with Crippen LogP contribution in [0.4, 0.5) is 10.1 Å². The van der Waals surface area contributed by atoms with Gasteiger partial charge in [0.2, 0.25) is 0 Å². The van der Waals surface area contributed by atoms with Crippen LogP contribution in [0.15, 0.2) is 48.5 Å². The van der Waals surface area contributed by atoms with Crippen molar-refractivity contribution in [1.29, 1.82) is 0 Å². The maximum atomic E-state index is 13.4. The minimum absolute atomic E-state index is 0.264. The molecule has 6 heteroatoms. The van der Waals surface area contributed by atoms with Crippen molar-refractivity contribution >= 4 is 5.69 Å². The highest BCUT2D eigenvalue weighted by Crippen LogP contribution is 2.14. The normalized spacial score (nSPS) is 10.6. The van der Waals surface area contributed by atoms with Gasteiger partial charge in [-0.25, -0.2) is 4.39 Å². The second-order valence-corrected chi connectivity index (χ2v) is 4.71. The maximum Gasteiger partial charge on any atom is 0.175 e. The molecule has 0 amide bonds. The predicted molar refractivity (Wildman–Crippen MR) is 77.6 cm³/mol. The topological polar surface area (TPSA) is 55.6 Å². The summed E-state index contributed by atoms with van der Waals surface area (Å²) in [5.41, 5.74) is 2.45. The van der Waals surface area contributed by atoms with Crippen LogP contribution in [0.3, 0.4) is 0 Å². The fourth-order valence-corrected chi connectivity index (χ4v) is 2.11. The molecule has 2 aromatic carbocycles. The van der Waals surface area contributed by atoms with Crippen molar-refractivity contribution in [2.45, 2.75) is 13.5 Å². The second-order valence-electron chi connectivity index (χ2n) is 4.71. The largest absolute Gasteiger partial charge is 0.378 e. The Balaban J connectivity index is 1.79. The van der Waals surface area contributed by atoms with Gasteiger partial charge in [-0.1, -0.05) is 18.2 Å². The van der Waals surface area contributed by atoms with Crippen molar-refractivity contribution in [1.82, 2.24) is 20.2 Å². The van der Waals surface area contributed by atoms with Crippen molar-refractivity contribution < 1.29 is 4.39 Å². The van der Waals surface area contributed by atoms with E-state index in [2.05, 4.69) is 20.8 Å². The van der Waals surface area contributed by atoms with Crippen molar-refractivity contribution in [2.75, 3.05) is 5.32 Å². The molecular formula is C15H14FN5. The number of tetrazole rings is 1. The monoisotopic (exact) mass is 283 g/mol. The smallest absolute Gasteiger partial charge is 0.175 e. The van der Waals surface area contributed by atoms with E-state index in [1.807, 2.05) is 43.3 Å². The zero-order chi connectivity index (χ0) is 14.7. The van der Waals surface area contributed by atoms with Crippen LogP contribution < -0.4 is 5.32 Å². The summed E-state index contributed by atoms with van der Waals surface area (Å²) in [4.78, 5) is 0. The molecule has 3 rings (SSSR count). The van der Waals surface area contributed by atoms with Crippen LogP contribution >= 0.6 is 0 Å². The van der Waals surface area contributed by atoms with Gasteiger partial charge in [0.25, 0.3) is 0 Å². The third kappa shape index (κ3) is 3.05. The Bertz CT molecular complexity index is 719. The molecule has 0 spiro atoms. The number of hydrogen-bond donors (Lipinski definition) is 1. The Hall–Kier alpha value is -2.76. The van der Waals surface area contributed by atoms with E-state index in [0.29, 0.717) is 18.1 Å². The fraction of sp³-hybridized carbons (Fsp3) is 0.133. The van der Waals surface area contributed by atoms with Crippen molar-refractivity contribution in [3.8, 4) is 5.69 Å². The minimum atomic E-state index is -0.264. The molecule has 0 radical (unpaired) electrons. The van der Waals surface area contributed by atoms with Crippen LogP contribution in [-0.2, 0) is 6.54 Å². The number of aromatic nitrogens is 4. The summed E-state index contributed by atoms with van der Waals surface area (Å²) in [6.07, 6.45) is 0. The Morgan fingerprint density at radius 3 is 2.71 bits per heavy atom. The number of para-hydroxylation sites is 1. The lowest BCUT2D eigenvalue weighted by molar-refractivity contribution is 0.627. The molecule has 0 aliphatic carbocycles. The van der Waals surface area contributed by atoms with Gasteiger partial charge in [0.1, 0.15) is 5.82 Å². The van der Waals surface area contributed by atoms with Crippen LogP contribution in [-0.4, -0.2) is 20.2 Å². The van der Waals surface area contributed by atoms with E-state index in [4.69, 9.17) is 0 Å². The number of nitrogens with zero attached hydrogens (tertiary/aromatic N) is 4. The first-order valence-electron chi connectivity index (χ1n) is 6.56. The highest BCUT2D eigenvalue weighted by atomic mass is 19.1. The molecule has 0 fully saturated rings. The highest BCUT2D eigenvalue weighted by molar-refractivity contribution is 5.46. The Morgan fingerprint density at radius 2 is 1.95 bits per heavy atom. The first-order chi connectivity index (χ1) is 10.2. The lowest BCUT2D eigenvalue weighted by Crippen LogP contribution is -2.08. The molecule has 0 bridgehead atoms. The van der Waals surface area contributed by atoms with E-state index in [-0.39, 0.29) is 5.82 Å². The summed E-state index contributed by atoms with van der Waals surface area (Å²) in [6, 6.07) is 14.4. The molecule has 21 heavy (non-hydrogen) atoms. The summed E-state index contributed by atoms with van der Waals surface area (Å²) in [5, 5.41) is 14.8. The average molecular weight is 283 g/mol. The summed E-state index contributed by atoms with van der Waals surface area (Å²) >= 11 is 0. The van der Waals surface area contributed by atoms with Crippen LogP contribution in [0.2, 0.25) is 0 Å². The lowest BCUT2D eigenvalue weighted by atomic mass is 10.2. The van der Waals surface area contributed by atoms with Crippen LogP contribution in [0.5, 0.6) is 0 Å². The number of hydrogen-bond acceptors (Lipinski definition) is 4. The zero-order valence-electron chi connectivity index (χ0n) is 11.5. The van der Waals surface area contributed by atoms with Gasteiger partial charge in [0.05, 0.1) is 12.2 Å². The first-order valence-corrected chi connectivity index (χ1v) is 6.56. The van der Waals surface area contributed by atoms with Gasteiger partial charge in [-0.05, 0) is 53.2 Å². The zero-order valence-corrected chi connectivity index (χ0v) is 11.5. The summed E-state index contributed by atoms with van der Waals surface area (Å²) in [5.74, 6) is 0.392. The van der Waals surface area contributed by atoms with Gasteiger partial charge in [-0.2, -0.15) is 4.68 Å². The number of benzene rings is 2. The molecule has 106 valence electrons. The number of aryl methyl sites for hydroxylation is 1. The minimum Gasteiger partial charge on any atom is -0.378 e. The lowest BCUT2D eigenvalue weighted by Gasteiger charge is -2.08. The molecular weight excluding hydrogens is 269 g/mol. The number of rotatable bonds is 4. The molecule has 0 saturated heterocycles. The van der Waals surface area contributed by atoms with Gasteiger partial charge in [0, 0.05) is 5.69 Å². The van der Waals surface area contributed by atoms with Crippen molar-refractivity contribution in [3.63, 3.8) is 0 Å². The molecule has 0 atom stereocenters. The van der Waals surface area contributed by atoms with E-state index in [1.165, 1.54) is 12.1 Å². The second kappa shape index (κ2) is 5.70. The third-order valence-corrected chi connectivity index (χ3v) is 3.03. The standard InChI is InChI=1S/C15H14FN5/c1-11-7-12(16)9-13(8-11)17-10-15-18-19-20-21(15)14-5-3-2-4-6-14/h2-9,17H,10H2,1H3. The quantitative estimate of drug-likeness (QED) is 0.800. The van der Waals surface area contributed by atoms with E-state index in [0.717, 1.165) is 11.3 Å². The fourth-order valence-electron chi connectivity index (χ4n) is 2.11. The highest BCUT2D eigenvalue weighted by Gasteiger charge is 2.08. The molecule has 0 aliphatic rings. The van der Waals surface area contributed by atoms with E-state index < -0.39 is 0 Å². The molecule has 0 aliphatic heterocycles. The Labute approximate surface area is 121 Å². The van der Waals surface area contributed by atoms with E-state index in [9.17, 15) is 4.39 Å². The number of anilines is 1.